The van der Waals surface area contributed by atoms with E-state index in [1.165, 1.54) is 12.3 Å². The first-order chi connectivity index (χ1) is 8.04. The van der Waals surface area contributed by atoms with Crippen LogP contribution < -0.4 is 11.4 Å². The Kier molecular flexibility index (Phi) is 4.63. The van der Waals surface area contributed by atoms with Gasteiger partial charge in [0.25, 0.3) is 0 Å². The van der Waals surface area contributed by atoms with Gasteiger partial charge in [-0.1, -0.05) is 0 Å². The van der Waals surface area contributed by atoms with E-state index in [1.54, 1.807) is 0 Å². The van der Waals surface area contributed by atoms with Crippen molar-refractivity contribution in [1.29, 1.82) is 0 Å². The highest BCUT2D eigenvalue weighted by molar-refractivity contribution is 5.85. The maximum atomic E-state index is 13.7. The number of hydrogen-bond donors (Lipinski definition) is 3. The fourth-order valence-corrected chi connectivity index (χ4v) is 1.70. The van der Waals surface area contributed by atoms with Crippen molar-refractivity contribution in [3.8, 4) is 0 Å². The van der Waals surface area contributed by atoms with Crippen LogP contribution in [-0.4, -0.2) is 44.8 Å². The van der Waals surface area contributed by atoms with Gasteiger partial charge in [0.2, 0.25) is 0 Å². The zero-order valence-corrected chi connectivity index (χ0v) is 9.96. The molecule has 2 heterocycles. The van der Waals surface area contributed by atoms with Crippen LogP contribution in [0.4, 0.5) is 10.2 Å². The highest BCUT2D eigenvalue weighted by Crippen LogP contribution is 2.30. The summed E-state index contributed by atoms with van der Waals surface area (Å²) in [5, 5.41) is 18.3. The predicted octanol–water partition coefficient (Wildman–Crippen LogP) is -1.16. The van der Waals surface area contributed by atoms with Gasteiger partial charge in [0.05, 0.1) is 6.61 Å². The Morgan fingerprint density at radius 2 is 2.28 bits per heavy atom. The minimum Gasteiger partial charge on any atom is -0.394 e. The maximum Gasteiger partial charge on any atom is 0.351 e. The second kappa shape index (κ2) is 5.61. The summed E-state index contributed by atoms with van der Waals surface area (Å²) in [6, 6.07) is 1.32. The average molecular weight is 282 g/mol. The Labute approximate surface area is 107 Å². The number of nitrogen functional groups attached to an aromatic ring is 1. The monoisotopic (exact) mass is 281 g/mol. The lowest BCUT2D eigenvalue weighted by Gasteiger charge is -2.15. The highest BCUT2D eigenvalue weighted by atomic mass is 35.5. The molecule has 4 N–H and O–H groups in total. The molecule has 1 aromatic heterocycles. The van der Waals surface area contributed by atoms with E-state index in [4.69, 9.17) is 15.6 Å². The van der Waals surface area contributed by atoms with Gasteiger partial charge in [-0.25, -0.2) is 9.18 Å². The van der Waals surface area contributed by atoms with E-state index in [0.717, 1.165) is 4.57 Å². The number of aliphatic hydroxyl groups is 2. The lowest BCUT2D eigenvalue weighted by atomic mass is 10.1. The third-order valence-electron chi connectivity index (χ3n) is 2.60. The molecule has 0 aromatic carbocycles. The summed E-state index contributed by atoms with van der Waals surface area (Å²) in [5.74, 6) is 0.0129. The fraction of sp³-hybridized carbons (Fsp3) is 0.556. The Balaban J connectivity index is 0.00000162. The summed E-state index contributed by atoms with van der Waals surface area (Å²) < 4.78 is 19.6. The number of aromatic nitrogens is 2. The van der Waals surface area contributed by atoms with E-state index in [1.807, 2.05) is 0 Å². The van der Waals surface area contributed by atoms with Gasteiger partial charge < -0.3 is 20.7 Å². The first-order valence-electron chi connectivity index (χ1n) is 4.97. The van der Waals surface area contributed by atoms with Gasteiger partial charge in [0.15, 0.2) is 12.4 Å². The Morgan fingerprint density at radius 3 is 2.78 bits per heavy atom. The molecule has 18 heavy (non-hydrogen) atoms. The number of halogens is 2. The summed E-state index contributed by atoms with van der Waals surface area (Å²) in [7, 11) is 0. The zero-order valence-electron chi connectivity index (χ0n) is 9.14. The largest absolute Gasteiger partial charge is 0.394 e. The third-order valence-corrected chi connectivity index (χ3v) is 2.60. The van der Waals surface area contributed by atoms with E-state index < -0.39 is 36.9 Å². The van der Waals surface area contributed by atoms with Gasteiger partial charge in [-0.15, -0.1) is 12.4 Å². The summed E-state index contributed by atoms with van der Waals surface area (Å²) in [5.41, 5.74) is 4.52. The molecule has 7 nitrogen and oxygen atoms in total. The van der Waals surface area contributed by atoms with Crippen LogP contribution in [-0.2, 0) is 4.74 Å². The fourth-order valence-electron chi connectivity index (χ4n) is 1.70. The normalized spacial score (nSPS) is 31.1. The minimum absolute atomic E-state index is 0. The molecule has 0 amide bonds. The van der Waals surface area contributed by atoms with Crippen molar-refractivity contribution in [2.24, 2.45) is 0 Å². The molecular weight excluding hydrogens is 269 g/mol. The molecule has 1 saturated heterocycles. The second-order valence-electron chi connectivity index (χ2n) is 3.72. The first-order valence-corrected chi connectivity index (χ1v) is 4.97. The van der Waals surface area contributed by atoms with Crippen molar-refractivity contribution >= 4 is 18.2 Å². The number of anilines is 1. The Hall–Kier alpha value is -1.22. The highest BCUT2D eigenvalue weighted by Gasteiger charge is 2.45. The lowest BCUT2D eigenvalue weighted by molar-refractivity contribution is -0.0490. The molecule has 2 rings (SSSR count). The van der Waals surface area contributed by atoms with Crippen LogP contribution in [0.15, 0.2) is 17.1 Å². The molecule has 102 valence electrons. The van der Waals surface area contributed by atoms with Crippen molar-refractivity contribution in [1.82, 2.24) is 9.55 Å². The first kappa shape index (κ1) is 14.8. The zero-order chi connectivity index (χ0) is 12.6. The number of ether oxygens (including phenoxy) is 1. The van der Waals surface area contributed by atoms with Crippen LogP contribution >= 0.6 is 12.4 Å². The van der Waals surface area contributed by atoms with Crippen LogP contribution in [0.1, 0.15) is 6.23 Å². The average Bonchev–Trinajstić information content (AvgIpc) is 2.57. The lowest BCUT2D eigenvalue weighted by Crippen LogP contribution is -2.33. The molecule has 1 aliphatic heterocycles. The van der Waals surface area contributed by atoms with Gasteiger partial charge in [-0.05, 0) is 6.07 Å². The smallest absolute Gasteiger partial charge is 0.351 e. The molecule has 4 atom stereocenters. The number of nitrogens with zero attached hydrogens (tertiary/aromatic N) is 2. The molecule has 0 radical (unpaired) electrons. The quantitative estimate of drug-likeness (QED) is 0.630. The third kappa shape index (κ3) is 2.46. The molecule has 1 aliphatic rings. The van der Waals surface area contributed by atoms with Gasteiger partial charge in [0, 0.05) is 6.20 Å². The molecular formula is C9H13ClFN3O4. The molecule has 0 saturated carbocycles. The molecule has 0 bridgehead atoms. The van der Waals surface area contributed by atoms with E-state index in [2.05, 4.69) is 4.98 Å². The van der Waals surface area contributed by atoms with Gasteiger partial charge in [-0.3, -0.25) is 4.57 Å². The number of aliphatic hydroxyl groups excluding tert-OH is 2. The van der Waals surface area contributed by atoms with E-state index in [0.29, 0.717) is 0 Å². The van der Waals surface area contributed by atoms with Crippen LogP contribution in [0, 0.1) is 0 Å². The van der Waals surface area contributed by atoms with Crippen LogP contribution in [0.5, 0.6) is 0 Å². The number of alkyl halides is 1. The van der Waals surface area contributed by atoms with Gasteiger partial charge >= 0.3 is 5.69 Å². The van der Waals surface area contributed by atoms with E-state index >= 15 is 0 Å². The van der Waals surface area contributed by atoms with E-state index in [-0.39, 0.29) is 18.2 Å². The van der Waals surface area contributed by atoms with Crippen molar-refractivity contribution in [3.05, 3.63) is 22.7 Å². The van der Waals surface area contributed by atoms with Gasteiger partial charge in [0.1, 0.15) is 18.0 Å². The van der Waals surface area contributed by atoms with Crippen molar-refractivity contribution < 1.29 is 19.3 Å². The van der Waals surface area contributed by atoms with Crippen molar-refractivity contribution in [2.75, 3.05) is 12.3 Å². The molecule has 0 aliphatic carbocycles. The Morgan fingerprint density at radius 1 is 1.61 bits per heavy atom. The SMILES string of the molecule is Cl.Nc1ccn([C@@H]2O[C@H](CO)[C@@H](O)C2F)c(=O)n1. The van der Waals surface area contributed by atoms with Crippen LogP contribution in [0.3, 0.4) is 0 Å². The molecule has 1 fully saturated rings. The van der Waals surface area contributed by atoms with Gasteiger partial charge in [-0.2, -0.15) is 4.98 Å². The summed E-state index contributed by atoms with van der Waals surface area (Å²) in [6.45, 7) is -0.533. The number of nitrogens with two attached hydrogens (primary N) is 1. The second-order valence-corrected chi connectivity index (χ2v) is 3.72. The van der Waals surface area contributed by atoms with Crippen LogP contribution in [0.2, 0.25) is 0 Å². The molecule has 1 aromatic rings. The number of rotatable bonds is 2. The molecule has 9 heteroatoms. The molecule has 1 unspecified atom stereocenters. The standard InChI is InChI=1S/C9H12FN3O4.ClH/c10-6-7(15)4(3-14)17-8(6)13-2-1-5(11)12-9(13)16;/h1-2,4,6-8,14-15H,3H2,(H2,11,12,16);1H/t4-,6?,7-,8-;/m1./s1. The van der Waals surface area contributed by atoms with E-state index in [9.17, 15) is 14.3 Å². The summed E-state index contributed by atoms with van der Waals surface area (Å²) in [4.78, 5) is 14.9. The number of hydrogen-bond acceptors (Lipinski definition) is 6. The summed E-state index contributed by atoms with van der Waals surface area (Å²) >= 11 is 0. The topological polar surface area (TPSA) is 111 Å². The van der Waals surface area contributed by atoms with Crippen LogP contribution in [0.25, 0.3) is 0 Å². The maximum absolute atomic E-state index is 13.7. The minimum atomic E-state index is -1.81. The Bertz CT molecular complexity index is 471. The van der Waals surface area contributed by atoms with Crippen molar-refractivity contribution in [3.63, 3.8) is 0 Å². The predicted molar refractivity (Wildman–Crippen MR) is 62.1 cm³/mol. The van der Waals surface area contributed by atoms with Crippen molar-refractivity contribution in [2.45, 2.75) is 24.6 Å². The molecule has 0 spiro atoms. The summed E-state index contributed by atoms with van der Waals surface area (Å²) in [6.07, 6.45) is -4.42.